The van der Waals surface area contributed by atoms with Gasteiger partial charge in [-0.1, -0.05) is 0 Å². The van der Waals surface area contributed by atoms with Crippen LogP contribution in [0.25, 0.3) is 0 Å². The predicted molar refractivity (Wildman–Crippen MR) is 85.1 cm³/mol. The highest BCUT2D eigenvalue weighted by molar-refractivity contribution is 7.98. The van der Waals surface area contributed by atoms with Gasteiger partial charge >= 0.3 is 0 Å². The van der Waals surface area contributed by atoms with Crippen molar-refractivity contribution < 1.29 is 4.79 Å². The van der Waals surface area contributed by atoms with Crippen molar-refractivity contribution in [2.75, 3.05) is 43.8 Å². The van der Waals surface area contributed by atoms with Crippen LogP contribution in [0.1, 0.15) is 17.3 Å². The number of nitrogen functional groups attached to an aromatic ring is 1. The van der Waals surface area contributed by atoms with E-state index in [1.54, 1.807) is 42.9 Å². The summed E-state index contributed by atoms with van der Waals surface area (Å²) in [4.78, 5) is 15.7. The number of benzene rings is 1. The predicted octanol–water partition coefficient (Wildman–Crippen LogP) is 2.16. The van der Waals surface area contributed by atoms with Crippen LogP contribution in [-0.4, -0.2) is 50.0 Å². The number of hydrogen-bond donors (Lipinski definition) is 1. The maximum atomic E-state index is 12.0. The minimum absolute atomic E-state index is 0.00725. The zero-order valence-electron chi connectivity index (χ0n) is 12.3. The number of rotatable bonds is 5. The zero-order valence-corrected chi connectivity index (χ0v) is 13.1. The van der Waals surface area contributed by atoms with Crippen LogP contribution in [0, 0.1) is 0 Å². The molecule has 19 heavy (non-hydrogen) atoms. The van der Waals surface area contributed by atoms with Gasteiger partial charge in [-0.05, 0) is 31.4 Å². The maximum Gasteiger partial charge on any atom is 0.253 e. The first-order valence-corrected chi connectivity index (χ1v) is 7.60. The second kappa shape index (κ2) is 6.70. The third-order valence-electron chi connectivity index (χ3n) is 3.13. The summed E-state index contributed by atoms with van der Waals surface area (Å²) in [5, 5.41) is 0. The molecule has 0 aliphatic heterocycles. The number of carbonyl (C=O) groups is 1. The molecule has 5 heteroatoms. The molecule has 0 saturated heterocycles. The smallest absolute Gasteiger partial charge is 0.253 e. The van der Waals surface area contributed by atoms with Crippen molar-refractivity contribution in [1.82, 2.24) is 4.90 Å². The molecule has 1 aromatic carbocycles. The zero-order chi connectivity index (χ0) is 14.6. The third kappa shape index (κ3) is 3.80. The van der Waals surface area contributed by atoms with Crippen LogP contribution in [0.4, 0.5) is 11.4 Å². The van der Waals surface area contributed by atoms with Crippen molar-refractivity contribution in [3.05, 3.63) is 23.8 Å². The normalized spacial score (nSPS) is 12.1. The first-order valence-electron chi connectivity index (χ1n) is 6.21. The lowest BCUT2D eigenvalue weighted by molar-refractivity contribution is 0.0827. The summed E-state index contributed by atoms with van der Waals surface area (Å²) in [6.07, 6.45) is 2.08. The molecule has 0 aromatic heterocycles. The summed E-state index contributed by atoms with van der Waals surface area (Å²) in [7, 11) is 5.51. The van der Waals surface area contributed by atoms with Gasteiger partial charge in [-0.15, -0.1) is 0 Å². The van der Waals surface area contributed by atoms with Crippen LogP contribution in [-0.2, 0) is 0 Å². The molecule has 0 radical (unpaired) electrons. The van der Waals surface area contributed by atoms with Crippen molar-refractivity contribution in [2.24, 2.45) is 0 Å². The van der Waals surface area contributed by atoms with Crippen LogP contribution in [0.3, 0.4) is 0 Å². The second-order valence-corrected chi connectivity index (χ2v) is 5.80. The van der Waals surface area contributed by atoms with Gasteiger partial charge in [-0.3, -0.25) is 4.79 Å². The largest absolute Gasteiger partial charge is 0.397 e. The van der Waals surface area contributed by atoms with Gasteiger partial charge in [0.15, 0.2) is 0 Å². The molecule has 0 aliphatic carbocycles. The second-order valence-electron chi connectivity index (χ2n) is 4.89. The van der Waals surface area contributed by atoms with Crippen molar-refractivity contribution in [3.63, 3.8) is 0 Å². The summed E-state index contributed by atoms with van der Waals surface area (Å²) < 4.78 is 0. The monoisotopic (exact) mass is 281 g/mol. The fourth-order valence-electron chi connectivity index (χ4n) is 1.83. The number of thioether (sulfide) groups is 1. The Hall–Kier alpha value is -1.36. The summed E-state index contributed by atoms with van der Waals surface area (Å²) in [5.74, 6) is 1.01. The Morgan fingerprint density at radius 2 is 2.00 bits per heavy atom. The van der Waals surface area contributed by atoms with Crippen LogP contribution in [0.15, 0.2) is 18.2 Å². The van der Waals surface area contributed by atoms with Crippen molar-refractivity contribution in [2.45, 2.75) is 13.0 Å². The number of anilines is 2. The van der Waals surface area contributed by atoms with E-state index in [4.69, 9.17) is 5.73 Å². The Kier molecular flexibility index (Phi) is 5.54. The Labute approximate surface area is 119 Å². The fourth-order valence-corrected chi connectivity index (χ4v) is 2.54. The highest BCUT2D eigenvalue weighted by Crippen LogP contribution is 2.26. The van der Waals surface area contributed by atoms with Crippen molar-refractivity contribution in [1.29, 1.82) is 0 Å². The minimum Gasteiger partial charge on any atom is -0.397 e. The molecule has 2 N–H and O–H groups in total. The molecule has 1 atom stereocenters. The topological polar surface area (TPSA) is 49.6 Å². The van der Waals surface area contributed by atoms with Gasteiger partial charge < -0.3 is 15.5 Å². The first kappa shape index (κ1) is 15.7. The lowest BCUT2D eigenvalue weighted by atomic mass is 10.1. The molecule has 0 fully saturated rings. The summed E-state index contributed by atoms with van der Waals surface area (Å²) in [5.41, 5.74) is 8.30. The highest BCUT2D eigenvalue weighted by atomic mass is 32.2. The van der Waals surface area contributed by atoms with Crippen molar-refractivity contribution >= 4 is 29.0 Å². The van der Waals surface area contributed by atoms with Gasteiger partial charge in [0.05, 0.1) is 11.4 Å². The molecule has 0 bridgehead atoms. The molecular weight excluding hydrogens is 258 g/mol. The Morgan fingerprint density at radius 3 is 2.53 bits per heavy atom. The average molecular weight is 281 g/mol. The number of carbonyl (C=O) groups excluding carboxylic acids is 1. The molecule has 1 unspecified atom stereocenters. The maximum absolute atomic E-state index is 12.0. The Balaban J connectivity index is 3.06. The van der Waals surface area contributed by atoms with Gasteiger partial charge in [0.1, 0.15) is 0 Å². The van der Waals surface area contributed by atoms with E-state index in [0.717, 1.165) is 11.4 Å². The molecule has 0 spiro atoms. The summed E-state index contributed by atoms with van der Waals surface area (Å²) in [6.45, 7) is 2.15. The van der Waals surface area contributed by atoms with Crippen LogP contribution in [0.2, 0.25) is 0 Å². The lowest BCUT2D eigenvalue weighted by Gasteiger charge is -2.28. The molecule has 0 heterocycles. The Bertz CT molecular complexity index is 448. The molecule has 0 aliphatic rings. The molecular formula is C14H23N3OS. The standard InChI is InChI=1S/C14H23N3OS/c1-10(9-19-5)17(4)13-8-11(6-7-12(13)15)14(18)16(2)3/h6-8,10H,9,15H2,1-5H3. The number of hydrogen-bond acceptors (Lipinski definition) is 4. The van der Waals surface area contributed by atoms with Crippen molar-refractivity contribution in [3.8, 4) is 0 Å². The van der Waals surface area contributed by atoms with Crippen LogP contribution < -0.4 is 10.6 Å². The van der Waals surface area contributed by atoms with E-state index in [0.29, 0.717) is 17.3 Å². The quantitative estimate of drug-likeness (QED) is 0.840. The number of amides is 1. The molecule has 1 rings (SSSR count). The van der Waals surface area contributed by atoms with E-state index in [-0.39, 0.29) is 5.91 Å². The first-order chi connectivity index (χ1) is 8.88. The molecule has 106 valence electrons. The summed E-state index contributed by atoms with van der Waals surface area (Å²) in [6, 6.07) is 5.80. The van der Waals surface area contributed by atoms with E-state index < -0.39 is 0 Å². The van der Waals surface area contributed by atoms with Crippen LogP contribution >= 0.6 is 11.8 Å². The third-order valence-corrected chi connectivity index (χ3v) is 3.95. The van der Waals surface area contributed by atoms with E-state index in [2.05, 4.69) is 18.1 Å². The summed E-state index contributed by atoms with van der Waals surface area (Å²) >= 11 is 1.80. The van der Waals surface area contributed by atoms with E-state index in [1.807, 2.05) is 13.1 Å². The van der Waals surface area contributed by atoms with E-state index in [1.165, 1.54) is 0 Å². The van der Waals surface area contributed by atoms with Crippen LogP contribution in [0.5, 0.6) is 0 Å². The minimum atomic E-state index is -0.00725. The molecule has 1 aromatic rings. The number of nitrogens with two attached hydrogens (primary N) is 1. The SMILES string of the molecule is CSCC(C)N(C)c1cc(C(=O)N(C)C)ccc1N. The van der Waals surface area contributed by atoms with Gasteiger partial charge in [-0.2, -0.15) is 11.8 Å². The molecule has 4 nitrogen and oxygen atoms in total. The van der Waals surface area contributed by atoms with Gasteiger partial charge in [-0.25, -0.2) is 0 Å². The van der Waals surface area contributed by atoms with E-state index in [9.17, 15) is 4.79 Å². The molecule has 0 saturated carbocycles. The fraction of sp³-hybridized carbons (Fsp3) is 0.500. The Morgan fingerprint density at radius 1 is 1.37 bits per heavy atom. The lowest BCUT2D eigenvalue weighted by Crippen LogP contribution is -2.32. The number of nitrogens with zero attached hydrogens (tertiary/aromatic N) is 2. The van der Waals surface area contributed by atoms with Gasteiger partial charge in [0, 0.05) is 38.5 Å². The average Bonchev–Trinajstić information content (AvgIpc) is 2.37. The van der Waals surface area contributed by atoms with Gasteiger partial charge in [0.25, 0.3) is 5.91 Å². The highest BCUT2D eigenvalue weighted by Gasteiger charge is 2.15. The molecule has 1 amide bonds. The van der Waals surface area contributed by atoms with E-state index >= 15 is 0 Å². The van der Waals surface area contributed by atoms with Gasteiger partial charge in [0.2, 0.25) is 0 Å².